The Balaban J connectivity index is 0. The molecule has 0 aromatic carbocycles. The first-order chi connectivity index (χ1) is 3.68. The fourth-order valence-corrected chi connectivity index (χ4v) is 0. The van der Waals surface area contributed by atoms with Gasteiger partial charge in [-0.15, -0.1) is 0 Å². The van der Waals surface area contributed by atoms with Gasteiger partial charge in [-0.05, 0) is 0 Å². The van der Waals surface area contributed by atoms with Crippen molar-refractivity contribution in [3.8, 4) is 0 Å². The van der Waals surface area contributed by atoms with Gasteiger partial charge >= 0.3 is 5.97 Å². The van der Waals surface area contributed by atoms with E-state index in [4.69, 9.17) is 15.3 Å². The highest BCUT2D eigenvalue weighted by atomic mass is 16.5. The van der Waals surface area contributed by atoms with Gasteiger partial charge in [0.1, 0.15) is 6.79 Å². The molecule has 0 atom stereocenters. The van der Waals surface area contributed by atoms with Crippen molar-refractivity contribution < 1.29 is 20.1 Å². The molecule has 0 radical (unpaired) electrons. The average molecular weight is 120 g/mol. The second-order valence-electron chi connectivity index (χ2n) is 0.684. The Bertz CT molecular complexity index is 68.4. The maximum absolute atomic E-state index is 9.25. The summed E-state index contributed by atoms with van der Waals surface area (Å²) in [6.07, 6.45) is 0.833. The summed E-state index contributed by atoms with van der Waals surface area (Å²) in [5.74, 6) is -0.981. The first-order valence-corrected chi connectivity index (χ1v) is 1.76. The third kappa shape index (κ3) is 68.5. The van der Waals surface area contributed by atoms with E-state index in [1.165, 1.54) is 0 Å². The smallest absolute Gasteiger partial charge is 0.327 e. The molecule has 4 nitrogen and oxygen atoms in total. The minimum absolute atomic E-state index is 0.750. The zero-order valence-corrected chi connectivity index (χ0v) is 4.24. The number of carboxylic acids is 1. The van der Waals surface area contributed by atoms with E-state index in [1.54, 1.807) is 0 Å². The molecule has 0 aromatic rings. The molecule has 8 heavy (non-hydrogen) atoms. The largest absolute Gasteiger partial charge is 0.478 e. The van der Waals surface area contributed by atoms with Crippen LogP contribution in [0, 0.1) is 0 Å². The zero-order valence-electron chi connectivity index (χ0n) is 4.24. The van der Waals surface area contributed by atoms with Crippen molar-refractivity contribution >= 4 is 5.97 Å². The molecule has 0 aliphatic heterocycles. The number of aliphatic carboxylic acids is 1. The summed E-state index contributed by atoms with van der Waals surface area (Å²) in [6, 6.07) is 0. The molecular weight excluding hydrogens is 112 g/mol. The van der Waals surface area contributed by atoms with Crippen molar-refractivity contribution in [2.24, 2.45) is 0 Å². The number of hydrogen-bond acceptors (Lipinski definition) is 3. The predicted octanol–water partition coefficient (Wildman–Crippen LogP) is -0.815. The van der Waals surface area contributed by atoms with Gasteiger partial charge in [0.15, 0.2) is 0 Å². The maximum atomic E-state index is 9.25. The third-order valence-corrected chi connectivity index (χ3v) is 0.175. The molecule has 0 bridgehead atoms. The SMILES string of the molecule is C=CC(=O)O.OCO. The van der Waals surface area contributed by atoms with Crippen molar-refractivity contribution in [3.63, 3.8) is 0 Å². The molecule has 0 aliphatic rings. The van der Waals surface area contributed by atoms with E-state index in [1.807, 2.05) is 0 Å². The minimum atomic E-state index is -0.981. The number of aliphatic hydroxyl groups is 2. The summed E-state index contributed by atoms with van der Waals surface area (Å²) in [7, 11) is 0. The summed E-state index contributed by atoms with van der Waals surface area (Å²) in [4.78, 5) is 9.25. The lowest BCUT2D eigenvalue weighted by atomic mass is 10.7. The van der Waals surface area contributed by atoms with E-state index in [2.05, 4.69) is 6.58 Å². The second-order valence-corrected chi connectivity index (χ2v) is 0.684. The van der Waals surface area contributed by atoms with E-state index in [9.17, 15) is 4.79 Å². The molecule has 0 aliphatic carbocycles. The van der Waals surface area contributed by atoms with Crippen LogP contribution in [-0.4, -0.2) is 28.1 Å². The molecule has 3 N–H and O–H groups in total. The molecule has 0 rings (SSSR count). The molecule has 0 spiro atoms. The van der Waals surface area contributed by atoms with Gasteiger partial charge in [-0.1, -0.05) is 6.58 Å². The number of carbonyl (C=O) groups is 1. The molecule has 0 unspecified atom stereocenters. The first kappa shape index (κ1) is 10.2. The number of rotatable bonds is 1. The molecule has 0 heterocycles. The number of carboxylic acid groups (broad SMARTS) is 1. The highest BCUT2D eigenvalue weighted by Gasteiger charge is 1.73. The fourth-order valence-electron chi connectivity index (χ4n) is 0. The fraction of sp³-hybridized carbons (Fsp3) is 0.250. The molecule has 0 saturated heterocycles. The van der Waals surface area contributed by atoms with Gasteiger partial charge in [-0.2, -0.15) is 0 Å². The van der Waals surface area contributed by atoms with Gasteiger partial charge in [0.05, 0.1) is 0 Å². The Hall–Kier alpha value is -0.870. The quantitative estimate of drug-likeness (QED) is 0.312. The summed E-state index contributed by atoms with van der Waals surface area (Å²) >= 11 is 0. The molecule has 0 fully saturated rings. The highest BCUT2D eigenvalue weighted by Crippen LogP contribution is 1.54. The molecule has 4 heteroatoms. The lowest BCUT2D eigenvalue weighted by Gasteiger charge is -1.64. The van der Waals surface area contributed by atoms with E-state index in [-0.39, 0.29) is 0 Å². The van der Waals surface area contributed by atoms with Crippen molar-refractivity contribution in [1.29, 1.82) is 0 Å². The molecule has 48 valence electrons. The van der Waals surface area contributed by atoms with E-state index in [0.29, 0.717) is 0 Å². The van der Waals surface area contributed by atoms with Gasteiger partial charge in [-0.3, -0.25) is 0 Å². The van der Waals surface area contributed by atoms with Gasteiger partial charge in [-0.25, -0.2) is 4.79 Å². The predicted molar refractivity (Wildman–Crippen MR) is 27.1 cm³/mol. The lowest BCUT2D eigenvalue weighted by Crippen LogP contribution is -1.82. The Morgan fingerprint density at radius 3 is 1.75 bits per heavy atom. The van der Waals surface area contributed by atoms with Crippen LogP contribution in [0.2, 0.25) is 0 Å². The second kappa shape index (κ2) is 9.46. The van der Waals surface area contributed by atoms with Crippen LogP contribution in [0.25, 0.3) is 0 Å². The maximum Gasteiger partial charge on any atom is 0.327 e. The monoisotopic (exact) mass is 120 g/mol. The summed E-state index contributed by atoms with van der Waals surface area (Å²) < 4.78 is 0. The van der Waals surface area contributed by atoms with Crippen LogP contribution in [0.3, 0.4) is 0 Å². The van der Waals surface area contributed by atoms with Gasteiger partial charge < -0.3 is 15.3 Å². The Morgan fingerprint density at radius 1 is 1.62 bits per heavy atom. The first-order valence-electron chi connectivity index (χ1n) is 1.76. The topological polar surface area (TPSA) is 77.8 Å². The minimum Gasteiger partial charge on any atom is -0.478 e. The molecule has 0 amide bonds. The Morgan fingerprint density at radius 2 is 1.75 bits per heavy atom. The van der Waals surface area contributed by atoms with Crippen LogP contribution in [0.4, 0.5) is 0 Å². The van der Waals surface area contributed by atoms with E-state index < -0.39 is 12.8 Å². The van der Waals surface area contributed by atoms with Crippen LogP contribution in [0.5, 0.6) is 0 Å². The highest BCUT2D eigenvalue weighted by molar-refractivity contribution is 5.78. The van der Waals surface area contributed by atoms with E-state index >= 15 is 0 Å². The van der Waals surface area contributed by atoms with Crippen molar-refractivity contribution in [1.82, 2.24) is 0 Å². The van der Waals surface area contributed by atoms with Crippen LogP contribution in [0.1, 0.15) is 0 Å². The molecule has 0 aromatic heterocycles. The third-order valence-electron chi connectivity index (χ3n) is 0.175. The van der Waals surface area contributed by atoms with Gasteiger partial charge in [0.2, 0.25) is 0 Å². The van der Waals surface area contributed by atoms with Crippen molar-refractivity contribution in [2.45, 2.75) is 0 Å². The van der Waals surface area contributed by atoms with Gasteiger partial charge in [0, 0.05) is 6.08 Å². The van der Waals surface area contributed by atoms with Gasteiger partial charge in [0.25, 0.3) is 0 Å². The zero-order chi connectivity index (χ0) is 6.99. The number of hydrogen-bond donors (Lipinski definition) is 3. The normalized spacial score (nSPS) is 6.25. The summed E-state index contributed by atoms with van der Waals surface area (Å²) in [5.41, 5.74) is 0. The van der Waals surface area contributed by atoms with Crippen molar-refractivity contribution in [3.05, 3.63) is 12.7 Å². The van der Waals surface area contributed by atoms with Crippen LogP contribution in [-0.2, 0) is 4.79 Å². The van der Waals surface area contributed by atoms with Crippen LogP contribution < -0.4 is 0 Å². The molecule has 0 saturated carbocycles. The summed E-state index contributed by atoms with van der Waals surface area (Å²) in [5, 5.41) is 21.9. The lowest BCUT2D eigenvalue weighted by molar-refractivity contribution is -0.131. The Kier molecular flexibility index (Phi) is 12.0. The summed E-state index contributed by atoms with van der Waals surface area (Å²) in [6.45, 7) is 2.21. The van der Waals surface area contributed by atoms with E-state index in [0.717, 1.165) is 6.08 Å². The Labute approximate surface area is 46.7 Å². The van der Waals surface area contributed by atoms with Crippen LogP contribution >= 0.6 is 0 Å². The van der Waals surface area contributed by atoms with Crippen LogP contribution in [0.15, 0.2) is 12.7 Å². The standard InChI is InChI=1S/C3H4O2.CH4O2/c1-2-3(4)5;2-1-3/h2H,1H2,(H,4,5);2-3H,1H2. The average Bonchev–Trinajstić information content (AvgIpc) is 1.69. The molecular formula is C4H8O4. The number of aliphatic hydroxyl groups excluding tert-OH is 1. The van der Waals surface area contributed by atoms with Crippen molar-refractivity contribution in [2.75, 3.05) is 6.79 Å².